The number of nitrogens with two attached hydrogens (primary N) is 1. The number of halogens is 1. The molecule has 0 radical (unpaired) electrons. The molecule has 0 bridgehead atoms. The molecule has 1 fully saturated rings. The molecule has 1 aromatic carbocycles. The minimum atomic E-state index is 0. The van der Waals surface area contributed by atoms with E-state index in [2.05, 4.69) is 14.9 Å². The number of rotatable bonds is 2. The molecule has 1 aliphatic heterocycles. The van der Waals surface area contributed by atoms with Crippen LogP contribution in [0.2, 0.25) is 0 Å². The second-order valence-corrected chi connectivity index (χ2v) is 5.86. The Balaban J connectivity index is 0.00000176. The summed E-state index contributed by atoms with van der Waals surface area (Å²) in [6.45, 7) is 1.99. The molecule has 1 aliphatic rings. The van der Waals surface area contributed by atoms with Crippen LogP contribution in [0.1, 0.15) is 17.7 Å². The molecule has 2 heterocycles. The van der Waals surface area contributed by atoms with E-state index in [1.807, 2.05) is 47.8 Å². The first-order valence-corrected chi connectivity index (χ1v) is 7.97. The fraction of sp³-hybridized carbons (Fsp3) is 0.250. The molecule has 0 aliphatic carbocycles. The van der Waals surface area contributed by atoms with Crippen LogP contribution in [0.3, 0.4) is 0 Å². The third kappa shape index (κ3) is 4.08. The number of amidine groups is 1. The molecule has 2 N–H and O–H groups in total. The van der Waals surface area contributed by atoms with Gasteiger partial charge in [-0.15, -0.1) is 23.7 Å². The van der Waals surface area contributed by atoms with E-state index in [1.54, 1.807) is 11.3 Å². The highest BCUT2D eigenvalue weighted by molar-refractivity contribution is 7.12. The standard InChI is InChI=1S/C16H18N4S.ClH/c17-15(14-9-6-12-21-14)19-16(20-10-4-5-11-20)18-13-7-2-1-3-8-13;/h1-3,6-9,12H,4-5,10-11H2,(H2,17,18,19);1H. The van der Waals surface area contributed by atoms with Crippen molar-refractivity contribution in [1.29, 1.82) is 0 Å². The molecule has 3 rings (SSSR count). The molecule has 2 aromatic rings. The summed E-state index contributed by atoms with van der Waals surface area (Å²) in [5.74, 6) is 1.25. The molecule has 0 spiro atoms. The summed E-state index contributed by atoms with van der Waals surface area (Å²) in [4.78, 5) is 12.4. The molecule has 0 saturated carbocycles. The maximum absolute atomic E-state index is 6.11. The third-order valence-electron chi connectivity index (χ3n) is 3.37. The van der Waals surface area contributed by atoms with Gasteiger partial charge in [0.15, 0.2) is 0 Å². The lowest BCUT2D eigenvalue weighted by Gasteiger charge is -2.16. The molecule has 1 saturated heterocycles. The second kappa shape index (κ2) is 7.96. The molecule has 6 heteroatoms. The molecule has 1 aromatic heterocycles. The van der Waals surface area contributed by atoms with Gasteiger partial charge in [0.05, 0.1) is 10.6 Å². The summed E-state index contributed by atoms with van der Waals surface area (Å²) < 4.78 is 0. The van der Waals surface area contributed by atoms with E-state index in [4.69, 9.17) is 5.73 Å². The number of thiophene rings is 1. The van der Waals surface area contributed by atoms with Crippen molar-refractivity contribution in [3.05, 3.63) is 52.7 Å². The summed E-state index contributed by atoms with van der Waals surface area (Å²) in [6.07, 6.45) is 2.37. The number of hydrogen-bond donors (Lipinski definition) is 1. The quantitative estimate of drug-likeness (QED) is 0.673. The highest BCUT2D eigenvalue weighted by Gasteiger charge is 2.16. The second-order valence-electron chi connectivity index (χ2n) is 4.92. The number of nitrogens with zero attached hydrogens (tertiary/aromatic N) is 3. The van der Waals surface area contributed by atoms with Crippen LogP contribution in [-0.2, 0) is 0 Å². The van der Waals surface area contributed by atoms with Crippen molar-refractivity contribution in [3.63, 3.8) is 0 Å². The lowest BCUT2D eigenvalue weighted by atomic mass is 10.3. The van der Waals surface area contributed by atoms with E-state index >= 15 is 0 Å². The van der Waals surface area contributed by atoms with Crippen LogP contribution in [0, 0.1) is 0 Å². The number of benzene rings is 1. The van der Waals surface area contributed by atoms with Gasteiger partial charge < -0.3 is 10.6 Å². The Hall–Kier alpha value is -1.85. The van der Waals surface area contributed by atoms with Gasteiger partial charge in [0.25, 0.3) is 0 Å². The maximum atomic E-state index is 6.11. The molecular weight excluding hydrogens is 316 g/mol. The van der Waals surface area contributed by atoms with E-state index in [0.717, 1.165) is 23.7 Å². The molecule has 0 amide bonds. The predicted octanol–water partition coefficient (Wildman–Crippen LogP) is 3.66. The average molecular weight is 335 g/mol. The summed E-state index contributed by atoms with van der Waals surface area (Å²) in [6, 6.07) is 13.9. The first-order valence-electron chi connectivity index (χ1n) is 7.10. The van der Waals surface area contributed by atoms with Crippen molar-refractivity contribution in [2.45, 2.75) is 12.8 Å². The zero-order chi connectivity index (χ0) is 14.5. The zero-order valence-electron chi connectivity index (χ0n) is 12.2. The SMILES string of the molecule is Cl.N/C(=N/C(=Nc1ccccc1)N1CCCC1)c1cccs1. The lowest BCUT2D eigenvalue weighted by molar-refractivity contribution is 0.514. The van der Waals surface area contributed by atoms with Gasteiger partial charge in [0.2, 0.25) is 5.96 Å². The van der Waals surface area contributed by atoms with Crippen LogP contribution in [0.15, 0.2) is 57.8 Å². The predicted molar refractivity (Wildman–Crippen MR) is 96.6 cm³/mol. The van der Waals surface area contributed by atoms with E-state index in [0.29, 0.717) is 11.8 Å². The van der Waals surface area contributed by atoms with Gasteiger partial charge in [0, 0.05) is 13.1 Å². The van der Waals surface area contributed by atoms with Crippen molar-refractivity contribution in [1.82, 2.24) is 4.90 Å². The largest absolute Gasteiger partial charge is 0.382 e. The maximum Gasteiger partial charge on any atom is 0.227 e. The molecule has 0 atom stereocenters. The summed E-state index contributed by atoms with van der Waals surface area (Å²) in [5.41, 5.74) is 7.02. The first kappa shape index (κ1) is 16.5. The van der Waals surface area contributed by atoms with Crippen LogP contribution in [0.4, 0.5) is 5.69 Å². The minimum absolute atomic E-state index is 0. The third-order valence-corrected chi connectivity index (χ3v) is 4.26. The number of likely N-dealkylation sites (tertiary alicyclic amines) is 1. The fourth-order valence-electron chi connectivity index (χ4n) is 2.29. The van der Waals surface area contributed by atoms with Gasteiger partial charge in [0.1, 0.15) is 5.84 Å². The highest BCUT2D eigenvalue weighted by atomic mass is 35.5. The van der Waals surface area contributed by atoms with E-state index in [9.17, 15) is 0 Å². The summed E-state index contributed by atoms with van der Waals surface area (Å²) in [7, 11) is 0. The Labute approximate surface area is 140 Å². The molecular formula is C16H19ClN4S. The van der Waals surface area contributed by atoms with Crippen LogP contribution in [0.5, 0.6) is 0 Å². The topological polar surface area (TPSA) is 54.0 Å². The van der Waals surface area contributed by atoms with Gasteiger partial charge in [-0.05, 0) is 36.4 Å². The van der Waals surface area contributed by atoms with Gasteiger partial charge in [-0.3, -0.25) is 0 Å². The van der Waals surface area contributed by atoms with Crippen LogP contribution in [0.25, 0.3) is 0 Å². The number of para-hydroxylation sites is 1. The summed E-state index contributed by atoms with van der Waals surface area (Å²) in [5, 5.41) is 2.00. The van der Waals surface area contributed by atoms with Gasteiger partial charge in [-0.2, -0.15) is 4.99 Å². The van der Waals surface area contributed by atoms with E-state index in [1.165, 1.54) is 12.8 Å². The van der Waals surface area contributed by atoms with Crippen molar-refractivity contribution >= 4 is 41.2 Å². The van der Waals surface area contributed by atoms with Crippen molar-refractivity contribution in [2.24, 2.45) is 15.7 Å². The molecule has 116 valence electrons. The monoisotopic (exact) mass is 334 g/mol. The van der Waals surface area contributed by atoms with E-state index < -0.39 is 0 Å². The van der Waals surface area contributed by atoms with Gasteiger partial charge in [-0.1, -0.05) is 24.3 Å². The first-order chi connectivity index (χ1) is 10.3. The number of aliphatic imine (C=N–C) groups is 2. The smallest absolute Gasteiger partial charge is 0.227 e. The van der Waals surface area contributed by atoms with E-state index in [-0.39, 0.29) is 12.4 Å². The van der Waals surface area contributed by atoms with Crippen molar-refractivity contribution in [3.8, 4) is 0 Å². The van der Waals surface area contributed by atoms with Crippen LogP contribution < -0.4 is 5.73 Å². The van der Waals surface area contributed by atoms with Crippen molar-refractivity contribution in [2.75, 3.05) is 13.1 Å². The Morgan fingerprint density at radius 2 is 1.77 bits per heavy atom. The summed E-state index contributed by atoms with van der Waals surface area (Å²) >= 11 is 1.59. The van der Waals surface area contributed by atoms with Gasteiger partial charge in [-0.25, -0.2) is 4.99 Å². The Morgan fingerprint density at radius 3 is 2.41 bits per heavy atom. The number of hydrogen-bond acceptors (Lipinski definition) is 2. The van der Waals surface area contributed by atoms with Gasteiger partial charge >= 0.3 is 0 Å². The Morgan fingerprint density at radius 1 is 1.05 bits per heavy atom. The van der Waals surface area contributed by atoms with Crippen LogP contribution in [-0.4, -0.2) is 29.8 Å². The number of guanidine groups is 1. The fourth-order valence-corrected chi connectivity index (χ4v) is 2.92. The molecule has 0 unspecified atom stereocenters. The Kier molecular flexibility index (Phi) is 5.98. The average Bonchev–Trinajstić information content (AvgIpc) is 3.21. The molecule has 4 nitrogen and oxygen atoms in total. The highest BCUT2D eigenvalue weighted by Crippen LogP contribution is 2.16. The molecule has 22 heavy (non-hydrogen) atoms. The minimum Gasteiger partial charge on any atom is -0.382 e. The lowest BCUT2D eigenvalue weighted by Crippen LogP contribution is -2.28. The van der Waals surface area contributed by atoms with Crippen molar-refractivity contribution < 1.29 is 0 Å². The zero-order valence-corrected chi connectivity index (χ0v) is 13.8. The van der Waals surface area contributed by atoms with Crippen LogP contribution >= 0.6 is 23.7 Å². The normalized spacial score (nSPS) is 15.7. The Bertz CT molecular complexity index is 631.